The smallest absolute Gasteiger partial charge is 0.333 e. The van der Waals surface area contributed by atoms with Gasteiger partial charge in [-0.25, -0.2) is 10.6 Å². The van der Waals surface area contributed by atoms with Crippen LogP contribution in [0, 0.1) is 26.2 Å². The number of hydrogen-bond acceptors (Lipinski definition) is 23. The Morgan fingerprint density at radius 2 is 0.851 bits per heavy atom. The fourth-order valence-corrected chi connectivity index (χ4v) is 11.0. The minimum atomic E-state index is -0.811. The van der Waals surface area contributed by atoms with Crippen LogP contribution in [0.5, 0.6) is 17.2 Å². The molecule has 0 bridgehead atoms. The van der Waals surface area contributed by atoms with Gasteiger partial charge in [0, 0.05) is 112 Å². The topological polar surface area (TPSA) is 372 Å². The van der Waals surface area contributed by atoms with E-state index in [4.69, 9.17) is 51.9 Å². The van der Waals surface area contributed by atoms with Crippen LogP contribution in [0.4, 0.5) is 0 Å². The molecule has 3 aliphatic carbocycles. The number of imide groups is 2. The van der Waals surface area contributed by atoms with Crippen molar-refractivity contribution < 1.29 is 92.0 Å². The Balaban J connectivity index is 0.000000345. The number of hydrazine groups is 1. The number of ketones is 3. The molecular weight excluding hydrogens is 1380 g/mol. The number of nitrogens with zero attached hydrogens (tertiary/aromatic N) is 4. The van der Waals surface area contributed by atoms with Crippen molar-refractivity contribution in [1.82, 2.24) is 15.6 Å². The van der Waals surface area contributed by atoms with Crippen LogP contribution in [0.15, 0.2) is 46.4 Å². The summed E-state index contributed by atoms with van der Waals surface area (Å²) in [6, 6.07) is 11.6. The summed E-state index contributed by atoms with van der Waals surface area (Å²) in [6.07, 6.45) is 7.89. The molecule has 0 unspecified atom stereocenters. The zero-order chi connectivity index (χ0) is 76.3. The Morgan fingerprint density at radius 3 is 1.17 bits per heavy atom. The SMILES string of the molecule is CC(C)(C)C(=O)Cl.CC(C)(S)CC(=O)NN.Cc1cc(OCCCC(=O)O)cc2c1C(=NCC(=O)CC(C)(C)S)CC2.Cc1cc(OCCCC(=O)O)cc2c1C(=O)CC2.Cc1cc(OCCCC(=O)ON2C(=O)CCC2=O)cc2c1C(=NCC(=O)CC(C)(C)S)CC2.O=C1CCC(=O)N1O. The number of halogens is 1. The number of hydrogen-bond donors (Lipinski definition) is 8. The number of carbonyl (C=O) groups excluding carboxylic acids is 10. The number of fused-ring (bicyclic) bond motifs is 3. The van der Waals surface area contributed by atoms with Gasteiger partial charge in [0.05, 0.1) is 39.3 Å². The second-order valence-electron chi connectivity index (χ2n) is 27.7. The summed E-state index contributed by atoms with van der Waals surface area (Å²) in [5, 5.41) is 26.0. The van der Waals surface area contributed by atoms with Gasteiger partial charge in [-0.1, -0.05) is 62.3 Å². The average Bonchev–Trinajstić information content (AvgIpc) is 1.70. The Bertz CT molecular complexity index is 3550. The predicted octanol–water partition coefficient (Wildman–Crippen LogP) is 10.6. The molecule has 101 heavy (non-hydrogen) atoms. The number of carbonyl (C=O) groups is 12. The van der Waals surface area contributed by atoms with E-state index in [0.29, 0.717) is 75.6 Å². The van der Waals surface area contributed by atoms with Gasteiger partial charge >= 0.3 is 17.9 Å². The lowest BCUT2D eigenvalue weighted by atomic mass is 10.00. The van der Waals surface area contributed by atoms with Gasteiger partial charge in [-0.2, -0.15) is 42.9 Å². The van der Waals surface area contributed by atoms with Crippen LogP contribution in [-0.4, -0.2) is 154 Å². The lowest BCUT2D eigenvalue weighted by Gasteiger charge is -2.15. The van der Waals surface area contributed by atoms with E-state index in [1.165, 1.54) is 5.56 Å². The number of carboxylic acids is 2. The van der Waals surface area contributed by atoms with Crippen LogP contribution in [0.3, 0.4) is 0 Å². The molecule has 6 N–H and O–H groups in total. The largest absolute Gasteiger partial charge is 0.494 e. The molecule has 2 heterocycles. The molecule has 2 aliphatic heterocycles. The first-order valence-corrected chi connectivity index (χ1v) is 34.9. The van der Waals surface area contributed by atoms with Gasteiger partial charge < -0.3 is 29.3 Å². The number of Topliss-reactive ketones (excluding diaryl/α,β-unsaturated/α-hetero) is 3. The number of amides is 5. The lowest BCUT2D eigenvalue weighted by molar-refractivity contribution is -0.197. The maximum Gasteiger partial charge on any atom is 0.333 e. The molecule has 25 nitrogen and oxygen atoms in total. The van der Waals surface area contributed by atoms with E-state index in [0.717, 1.165) is 99.5 Å². The quantitative estimate of drug-likeness (QED) is 0.00541. The maximum absolute atomic E-state index is 12.1. The molecule has 2 saturated heterocycles. The van der Waals surface area contributed by atoms with Gasteiger partial charge in [-0.05, 0) is 154 Å². The summed E-state index contributed by atoms with van der Waals surface area (Å²) < 4.78 is 16.1. The second-order valence-corrected chi connectivity index (χ2v) is 31.7. The van der Waals surface area contributed by atoms with E-state index in [1.54, 1.807) is 20.8 Å². The van der Waals surface area contributed by atoms with E-state index >= 15 is 0 Å². The van der Waals surface area contributed by atoms with E-state index < -0.39 is 41.5 Å². The van der Waals surface area contributed by atoms with Crippen LogP contribution < -0.4 is 25.5 Å². The minimum absolute atomic E-state index is 0.0366. The van der Waals surface area contributed by atoms with Gasteiger partial charge in [-0.15, -0.1) is 5.06 Å². The van der Waals surface area contributed by atoms with E-state index in [-0.39, 0.29) is 111 Å². The fraction of sp³-hybridized carbons (Fsp3) is 0.556. The van der Waals surface area contributed by atoms with Gasteiger partial charge in [0.2, 0.25) is 11.1 Å². The standard InChI is InChI=1S/C24H30N2O6S.C20H27NO4S.C14H16O4.C5H9ClO.C5H12N2OS.C4H5NO3/c1-15-11-18(31-10-4-5-22(30)32-26-20(28)8-9-21(26)29)12-16-6-7-19(23(15)16)25-14-17(27)13-24(2,3)33;1-13-9-16(25-8-4-5-18(23)24)10-14-6-7-17(19(13)14)21-12-15(22)11-20(2,3)26;1-9-7-11(18-6-2-3-13(16)17)8-10-4-5-12(15)14(9)10;1-5(2,3)4(6)7;1-5(2,9)3-4(8)7-6;6-3-1-2-4(7)5(3)8/h11-12,33H,4-10,13-14H2,1-3H3;9-10,26H,4-8,11-12H2,1-3H3,(H,23,24);7-8H,2-6H2,1H3,(H,16,17);1-3H3;9H,3,6H2,1-2H3,(H,7,8);8H,1-2H2. The Hall–Kier alpha value is -7.50. The number of rotatable bonds is 26. The average molecular weight is 1480 g/mol. The molecule has 0 spiro atoms. The van der Waals surface area contributed by atoms with Crippen molar-refractivity contribution in [2.45, 2.75) is 219 Å². The number of nitrogens with one attached hydrogen (secondary N) is 1. The van der Waals surface area contributed by atoms with Crippen molar-refractivity contribution in [3.63, 3.8) is 0 Å². The molecule has 5 amide bonds. The third-order valence-corrected chi connectivity index (χ3v) is 16.1. The number of aliphatic imine (C=N–C) groups is 2. The third-order valence-electron chi connectivity index (χ3n) is 15.0. The van der Waals surface area contributed by atoms with Crippen molar-refractivity contribution in [3.05, 3.63) is 86.5 Å². The first kappa shape index (κ1) is 87.7. The van der Waals surface area contributed by atoms with E-state index in [2.05, 4.69) is 47.9 Å². The molecule has 0 radical (unpaired) electrons. The summed E-state index contributed by atoms with van der Waals surface area (Å²) in [7, 11) is 0. The molecule has 5 aliphatic rings. The van der Waals surface area contributed by atoms with Crippen molar-refractivity contribution in [2.24, 2.45) is 21.2 Å². The molecular formula is C72H99ClN6O19S3. The van der Waals surface area contributed by atoms with Gasteiger partial charge in [0.1, 0.15) is 17.2 Å². The highest BCUT2D eigenvalue weighted by molar-refractivity contribution is 7.82. The molecule has 0 atom stereocenters. The molecule has 0 saturated carbocycles. The van der Waals surface area contributed by atoms with E-state index in [9.17, 15) is 57.5 Å². The zero-order valence-electron chi connectivity index (χ0n) is 59.9. The highest BCUT2D eigenvalue weighted by Crippen LogP contribution is 2.34. The van der Waals surface area contributed by atoms with E-state index in [1.807, 2.05) is 104 Å². The van der Waals surface area contributed by atoms with Crippen molar-refractivity contribution in [1.29, 1.82) is 0 Å². The maximum atomic E-state index is 12.1. The van der Waals surface area contributed by atoms with Gasteiger partial charge in [-0.3, -0.25) is 73.4 Å². The summed E-state index contributed by atoms with van der Waals surface area (Å²) >= 11 is 18.1. The Labute approximate surface area is 612 Å². The van der Waals surface area contributed by atoms with Crippen molar-refractivity contribution >= 4 is 131 Å². The van der Waals surface area contributed by atoms with Crippen LogP contribution in [0.2, 0.25) is 0 Å². The molecule has 8 rings (SSSR count). The molecule has 3 aromatic rings. The molecule has 2 fully saturated rings. The van der Waals surface area contributed by atoms with Gasteiger partial charge in [0.15, 0.2) is 17.3 Å². The number of carboxylic acid groups (broad SMARTS) is 2. The number of aliphatic carboxylic acids is 2. The monoisotopic (exact) mass is 1480 g/mol. The predicted molar refractivity (Wildman–Crippen MR) is 391 cm³/mol. The number of aryl methyl sites for hydroxylation is 6. The molecule has 0 aromatic heterocycles. The number of benzene rings is 3. The summed E-state index contributed by atoms with van der Waals surface area (Å²) in [6.45, 7) is 24.1. The highest BCUT2D eigenvalue weighted by Gasteiger charge is 2.33. The van der Waals surface area contributed by atoms with Gasteiger partial charge in [0.25, 0.3) is 23.6 Å². The van der Waals surface area contributed by atoms with Crippen molar-refractivity contribution in [2.75, 3.05) is 32.9 Å². The summed E-state index contributed by atoms with van der Waals surface area (Å²) in [5.41, 5.74) is 13.1. The minimum Gasteiger partial charge on any atom is -0.494 e. The first-order chi connectivity index (χ1) is 46.9. The fourth-order valence-electron chi connectivity index (χ4n) is 10.5. The van der Waals surface area contributed by atoms with Crippen LogP contribution in [0.1, 0.15) is 220 Å². The van der Waals surface area contributed by atoms with Crippen LogP contribution in [-0.2, 0) is 76.8 Å². The van der Waals surface area contributed by atoms with Crippen molar-refractivity contribution in [3.8, 4) is 17.2 Å². The normalized spacial score (nSPS) is 15.2. The highest BCUT2D eigenvalue weighted by atomic mass is 35.5. The number of ether oxygens (including phenoxy) is 3. The Kier molecular flexibility index (Phi) is 35.6. The second kappa shape index (κ2) is 41.0. The molecule has 29 heteroatoms. The zero-order valence-corrected chi connectivity index (χ0v) is 63.3. The van der Waals surface area contributed by atoms with Crippen LogP contribution in [0.25, 0.3) is 0 Å². The molecule has 556 valence electrons. The number of nitrogens with two attached hydrogens (primary N) is 1. The van der Waals surface area contributed by atoms with Crippen LogP contribution >= 0.6 is 49.5 Å². The first-order valence-electron chi connectivity index (χ1n) is 33.2. The lowest BCUT2D eigenvalue weighted by Crippen LogP contribution is -2.34. The summed E-state index contributed by atoms with van der Waals surface area (Å²) in [4.78, 5) is 147. The third kappa shape index (κ3) is 33.0. The molecule has 3 aromatic carbocycles. The number of thiol groups is 3. The summed E-state index contributed by atoms with van der Waals surface area (Å²) in [5.74, 6) is 3.00. The Morgan fingerprint density at radius 1 is 0.515 bits per heavy atom. The number of hydroxylamine groups is 4.